The molecule has 0 saturated heterocycles. The quantitative estimate of drug-likeness (QED) is 0.627. The predicted octanol–water partition coefficient (Wildman–Crippen LogP) is 5.39. The van der Waals surface area contributed by atoms with Gasteiger partial charge in [0.1, 0.15) is 19.3 Å². The zero-order chi connectivity index (χ0) is 17.8. The molecule has 23 heavy (non-hydrogen) atoms. The highest BCUT2D eigenvalue weighted by atomic mass is 28.3. The zero-order valence-corrected chi connectivity index (χ0v) is 16.8. The van der Waals surface area contributed by atoms with Crippen molar-refractivity contribution in [3.8, 4) is 0 Å². The molecule has 3 heteroatoms. The van der Waals surface area contributed by atoms with Gasteiger partial charge in [-0.05, 0) is 16.5 Å². The zero-order valence-electron chi connectivity index (χ0n) is 15.8. The average molecular weight is 333 g/mol. The van der Waals surface area contributed by atoms with E-state index in [2.05, 4.69) is 33.9 Å². The van der Waals surface area contributed by atoms with Gasteiger partial charge in [-0.15, -0.1) is 0 Å². The highest BCUT2D eigenvalue weighted by molar-refractivity contribution is 7.06. The molecule has 0 fully saturated rings. The number of carbonyl (C=O) groups is 2. The van der Waals surface area contributed by atoms with E-state index in [1.807, 2.05) is 44.2 Å². The Balaban J connectivity index is 3.03. The van der Waals surface area contributed by atoms with Crippen LogP contribution in [0.2, 0.25) is 18.1 Å². The molecule has 2 nitrogen and oxygen atoms in total. The molecule has 0 radical (unpaired) electrons. The van der Waals surface area contributed by atoms with Crippen molar-refractivity contribution in [3.05, 3.63) is 35.9 Å². The molecule has 0 aliphatic carbocycles. The summed E-state index contributed by atoms with van der Waals surface area (Å²) in [6, 6.07) is 10.0. The second-order valence-corrected chi connectivity index (χ2v) is 13.7. The van der Waals surface area contributed by atoms with Crippen LogP contribution in [-0.2, 0) is 9.59 Å². The summed E-state index contributed by atoms with van der Waals surface area (Å²) < 4.78 is 0. The van der Waals surface area contributed by atoms with Gasteiger partial charge in [0.05, 0.1) is 0 Å². The molecular formula is C20H32O2Si. The summed E-state index contributed by atoms with van der Waals surface area (Å²) in [5.74, 6) is 0.263. The summed E-state index contributed by atoms with van der Waals surface area (Å²) in [5, 5.41) is 0.406. The van der Waals surface area contributed by atoms with Crippen LogP contribution in [0.3, 0.4) is 0 Å². The molecule has 0 heterocycles. The molecule has 0 bridgehead atoms. The number of carbonyl (C=O) groups excluding carboxylic acids is 2. The van der Waals surface area contributed by atoms with Crippen molar-refractivity contribution in [1.29, 1.82) is 0 Å². The lowest BCUT2D eigenvalue weighted by Gasteiger charge is -2.36. The molecular weight excluding hydrogens is 300 g/mol. The average Bonchev–Trinajstić information content (AvgIpc) is 2.45. The largest absolute Gasteiger partial charge is 0.305 e. The van der Waals surface area contributed by atoms with E-state index in [9.17, 15) is 9.59 Å². The third kappa shape index (κ3) is 5.13. The van der Waals surface area contributed by atoms with Crippen molar-refractivity contribution in [2.75, 3.05) is 0 Å². The second kappa shape index (κ2) is 7.56. The number of ketones is 1. The standard InChI is InChI=1S/C20H32O2Si/c1-15(2)18(21)13-17(16-11-9-8-10-12-16)14-19(22)23(6,7)20(3,4)5/h8-12,15,17H,13-14H2,1-7H3. The van der Waals surface area contributed by atoms with Crippen LogP contribution in [0.15, 0.2) is 30.3 Å². The van der Waals surface area contributed by atoms with E-state index in [0.29, 0.717) is 18.2 Å². The number of hydrogen-bond donors (Lipinski definition) is 0. The maximum Gasteiger partial charge on any atom is 0.136 e. The highest BCUT2D eigenvalue weighted by Crippen LogP contribution is 2.39. The van der Waals surface area contributed by atoms with E-state index in [1.165, 1.54) is 0 Å². The lowest BCUT2D eigenvalue weighted by Crippen LogP contribution is -2.46. The lowest BCUT2D eigenvalue weighted by atomic mass is 9.88. The van der Waals surface area contributed by atoms with Crippen LogP contribution in [0.4, 0.5) is 0 Å². The van der Waals surface area contributed by atoms with E-state index in [-0.39, 0.29) is 22.7 Å². The number of hydrogen-bond acceptors (Lipinski definition) is 2. The van der Waals surface area contributed by atoms with Crippen LogP contribution >= 0.6 is 0 Å². The first kappa shape index (κ1) is 19.8. The van der Waals surface area contributed by atoms with Gasteiger partial charge in [-0.25, -0.2) is 0 Å². The number of benzene rings is 1. The molecule has 0 aliphatic rings. The minimum Gasteiger partial charge on any atom is -0.305 e. The van der Waals surface area contributed by atoms with Gasteiger partial charge in [0.2, 0.25) is 0 Å². The topological polar surface area (TPSA) is 34.1 Å². The Kier molecular flexibility index (Phi) is 6.52. The predicted molar refractivity (Wildman–Crippen MR) is 100 cm³/mol. The Labute approximate surface area is 142 Å². The maximum atomic E-state index is 13.0. The Hall–Kier alpha value is -1.22. The maximum absolute atomic E-state index is 13.0. The van der Waals surface area contributed by atoms with Crippen LogP contribution in [-0.4, -0.2) is 19.3 Å². The first-order valence-corrected chi connectivity index (χ1v) is 11.6. The van der Waals surface area contributed by atoms with Crippen molar-refractivity contribution in [3.63, 3.8) is 0 Å². The van der Waals surface area contributed by atoms with Gasteiger partial charge in [0.15, 0.2) is 0 Å². The Morgan fingerprint density at radius 3 is 1.96 bits per heavy atom. The van der Waals surface area contributed by atoms with Crippen LogP contribution in [0.1, 0.15) is 58.9 Å². The van der Waals surface area contributed by atoms with Crippen LogP contribution < -0.4 is 0 Å². The van der Waals surface area contributed by atoms with Crippen molar-refractivity contribution >= 4 is 19.3 Å². The summed E-state index contributed by atoms with van der Waals surface area (Å²) >= 11 is 0. The van der Waals surface area contributed by atoms with E-state index in [1.54, 1.807) is 0 Å². The summed E-state index contributed by atoms with van der Waals surface area (Å²) in [4.78, 5) is 25.3. The fourth-order valence-electron chi connectivity index (χ4n) is 2.41. The summed E-state index contributed by atoms with van der Waals surface area (Å²) in [6.45, 7) is 14.7. The van der Waals surface area contributed by atoms with Crippen LogP contribution in [0.25, 0.3) is 0 Å². The normalized spacial score (nSPS) is 13.9. The monoisotopic (exact) mass is 332 g/mol. The van der Waals surface area contributed by atoms with Gasteiger partial charge in [0.25, 0.3) is 0 Å². The minimum absolute atomic E-state index is 0.00715. The Morgan fingerprint density at radius 1 is 1.00 bits per heavy atom. The third-order valence-electron chi connectivity index (χ3n) is 5.37. The van der Waals surface area contributed by atoms with E-state index in [4.69, 9.17) is 0 Å². The molecule has 0 spiro atoms. The van der Waals surface area contributed by atoms with Gasteiger partial charge in [0, 0.05) is 18.8 Å². The van der Waals surface area contributed by atoms with Gasteiger partial charge in [-0.2, -0.15) is 0 Å². The molecule has 1 unspecified atom stereocenters. The Bertz CT molecular complexity index is 539. The molecule has 0 aromatic heterocycles. The Morgan fingerprint density at radius 2 is 1.52 bits per heavy atom. The molecule has 0 N–H and O–H groups in total. The summed E-state index contributed by atoms with van der Waals surface area (Å²) in [5.41, 5.74) is 1.11. The molecule has 1 aromatic rings. The smallest absolute Gasteiger partial charge is 0.136 e. The summed E-state index contributed by atoms with van der Waals surface area (Å²) in [6.07, 6.45) is 0.945. The van der Waals surface area contributed by atoms with Crippen LogP contribution in [0.5, 0.6) is 0 Å². The summed E-state index contributed by atoms with van der Waals surface area (Å²) in [7, 11) is -2.03. The molecule has 0 amide bonds. The number of Topliss-reactive ketones (excluding diaryl/α,β-unsaturated/α-hetero) is 1. The lowest BCUT2D eigenvalue weighted by molar-refractivity contribution is -0.122. The van der Waals surface area contributed by atoms with E-state index < -0.39 is 8.07 Å². The highest BCUT2D eigenvalue weighted by Gasteiger charge is 2.42. The first-order chi connectivity index (χ1) is 10.5. The van der Waals surface area contributed by atoms with E-state index in [0.717, 1.165) is 5.56 Å². The molecule has 128 valence electrons. The number of rotatable bonds is 7. The molecule has 1 aromatic carbocycles. The first-order valence-electron chi connectivity index (χ1n) is 8.57. The molecule has 1 rings (SSSR count). The van der Waals surface area contributed by atoms with Gasteiger partial charge >= 0.3 is 0 Å². The van der Waals surface area contributed by atoms with Gasteiger partial charge in [-0.1, -0.05) is 78.0 Å². The van der Waals surface area contributed by atoms with Gasteiger partial charge in [-0.3, -0.25) is 4.79 Å². The SMILES string of the molecule is CC(C)C(=O)CC(CC(=O)[Si](C)(C)C(C)(C)C)c1ccccc1. The fourth-order valence-corrected chi connectivity index (χ4v) is 4.00. The molecule has 1 atom stereocenters. The molecule has 0 aliphatic heterocycles. The van der Waals surface area contributed by atoms with Crippen molar-refractivity contribution in [2.45, 2.75) is 71.5 Å². The fraction of sp³-hybridized carbons (Fsp3) is 0.600. The molecule has 0 saturated carbocycles. The third-order valence-corrected chi connectivity index (χ3v) is 10.7. The minimum atomic E-state index is -2.03. The van der Waals surface area contributed by atoms with Gasteiger partial charge < -0.3 is 4.79 Å². The van der Waals surface area contributed by atoms with Crippen LogP contribution in [0, 0.1) is 5.92 Å². The van der Waals surface area contributed by atoms with Crippen molar-refractivity contribution in [1.82, 2.24) is 0 Å². The second-order valence-electron chi connectivity index (χ2n) is 8.44. The van der Waals surface area contributed by atoms with Crippen molar-refractivity contribution in [2.24, 2.45) is 5.92 Å². The van der Waals surface area contributed by atoms with E-state index >= 15 is 0 Å². The van der Waals surface area contributed by atoms with Crippen molar-refractivity contribution < 1.29 is 9.59 Å².